The molecule has 1 aliphatic rings. The SMILES string of the molecule is O=C1c2cc(-c3ccc(C(F)(F)F)cc3)ccc2OCCN1Cc1ncccc1F. The Kier molecular flexibility index (Phi) is 5.15. The molecule has 1 amide bonds. The maximum Gasteiger partial charge on any atom is 0.416 e. The molecule has 4 rings (SSSR count). The lowest BCUT2D eigenvalue weighted by Gasteiger charge is -2.19. The number of rotatable bonds is 3. The molecule has 8 heteroatoms. The zero-order valence-corrected chi connectivity index (χ0v) is 15.6. The highest BCUT2D eigenvalue weighted by Crippen LogP contribution is 2.33. The Balaban J connectivity index is 1.64. The highest BCUT2D eigenvalue weighted by Gasteiger charge is 2.30. The number of hydrogen-bond donors (Lipinski definition) is 0. The molecule has 3 aromatic rings. The third kappa shape index (κ3) is 3.98. The second-order valence-corrected chi connectivity index (χ2v) is 6.79. The number of carbonyl (C=O) groups excluding carboxylic acids is 1. The van der Waals surface area contributed by atoms with Crippen LogP contribution in [0.25, 0.3) is 11.1 Å². The molecule has 0 saturated heterocycles. The average molecular weight is 416 g/mol. The summed E-state index contributed by atoms with van der Waals surface area (Å²) in [6.45, 7) is 0.463. The van der Waals surface area contributed by atoms with Gasteiger partial charge in [0.25, 0.3) is 5.91 Å². The quantitative estimate of drug-likeness (QED) is 0.568. The summed E-state index contributed by atoms with van der Waals surface area (Å²) < 4.78 is 58.0. The van der Waals surface area contributed by atoms with Crippen LogP contribution in [0.2, 0.25) is 0 Å². The van der Waals surface area contributed by atoms with E-state index < -0.39 is 17.6 Å². The average Bonchev–Trinajstić information content (AvgIpc) is 2.88. The molecule has 0 radical (unpaired) electrons. The normalized spacial score (nSPS) is 14.1. The van der Waals surface area contributed by atoms with Gasteiger partial charge in [0.1, 0.15) is 18.2 Å². The molecule has 30 heavy (non-hydrogen) atoms. The van der Waals surface area contributed by atoms with E-state index in [1.54, 1.807) is 18.2 Å². The molecule has 2 aromatic carbocycles. The smallest absolute Gasteiger partial charge is 0.416 e. The number of benzene rings is 2. The zero-order chi connectivity index (χ0) is 21.3. The molecular formula is C22H16F4N2O2. The van der Waals surface area contributed by atoms with Crippen molar-refractivity contribution in [3.8, 4) is 16.9 Å². The van der Waals surface area contributed by atoms with Gasteiger partial charge < -0.3 is 9.64 Å². The maximum atomic E-state index is 14.0. The van der Waals surface area contributed by atoms with Gasteiger partial charge >= 0.3 is 6.18 Å². The van der Waals surface area contributed by atoms with Crippen LogP contribution in [-0.4, -0.2) is 28.9 Å². The van der Waals surface area contributed by atoms with Crippen LogP contribution >= 0.6 is 0 Å². The largest absolute Gasteiger partial charge is 0.491 e. The standard InChI is InChI=1S/C22H16F4N2O2/c23-18-2-1-9-27-19(18)13-28-10-11-30-20-8-5-15(12-17(20)21(28)29)14-3-6-16(7-4-14)22(24,25)26/h1-9,12H,10-11,13H2. The van der Waals surface area contributed by atoms with Gasteiger partial charge in [0.05, 0.1) is 29.9 Å². The first-order valence-corrected chi connectivity index (χ1v) is 9.16. The summed E-state index contributed by atoms with van der Waals surface area (Å²) in [4.78, 5) is 18.5. The summed E-state index contributed by atoms with van der Waals surface area (Å²) in [5, 5.41) is 0. The molecular weight excluding hydrogens is 400 g/mol. The van der Waals surface area contributed by atoms with Gasteiger partial charge in [0.2, 0.25) is 0 Å². The van der Waals surface area contributed by atoms with E-state index in [-0.39, 0.29) is 36.9 Å². The summed E-state index contributed by atoms with van der Waals surface area (Å²) in [6, 6.07) is 12.3. The van der Waals surface area contributed by atoms with Gasteiger partial charge in [-0.05, 0) is 47.5 Å². The van der Waals surface area contributed by atoms with E-state index >= 15 is 0 Å². The number of ether oxygens (including phenoxy) is 1. The van der Waals surface area contributed by atoms with Crippen molar-refractivity contribution in [1.82, 2.24) is 9.88 Å². The minimum atomic E-state index is -4.42. The zero-order valence-electron chi connectivity index (χ0n) is 15.6. The Morgan fingerprint density at radius 2 is 1.77 bits per heavy atom. The summed E-state index contributed by atoms with van der Waals surface area (Å²) in [7, 11) is 0. The fourth-order valence-electron chi connectivity index (χ4n) is 3.26. The van der Waals surface area contributed by atoms with Crippen molar-refractivity contribution in [1.29, 1.82) is 0 Å². The van der Waals surface area contributed by atoms with Gasteiger partial charge in [0.15, 0.2) is 0 Å². The van der Waals surface area contributed by atoms with Crippen LogP contribution in [0.5, 0.6) is 5.75 Å². The molecule has 4 nitrogen and oxygen atoms in total. The predicted molar refractivity (Wildman–Crippen MR) is 101 cm³/mol. The molecule has 1 aromatic heterocycles. The van der Waals surface area contributed by atoms with Crippen LogP contribution in [0.4, 0.5) is 17.6 Å². The first-order valence-electron chi connectivity index (χ1n) is 9.16. The molecule has 0 fully saturated rings. The van der Waals surface area contributed by atoms with Crippen molar-refractivity contribution in [2.45, 2.75) is 12.7 Å². The fourth-order valence-corrected chi connectivity index (χ4v) is 3.26. The summed E-state index contributed by atoms with van der Waals surface area (Å²) >= 11 is 0. The summed E-state index contributed by atoms with van der Waals surface area (Å²) in [5.41, 5.74) is 0.772. The molecule has 2 heterocycles. The van der Waals surface area contributed by atoms with Gasteiger partial charge in [-0.1, -0.05) is 18.2 Å². The van der Waals surface area contributed by atoms with Gasteiger partial charge in [0, 0.05) is 6.20 Å². The van der Waals surface area contributed by atoms with Crippen molar-refractivity contribution >= 4 is 5.91 Å². The number of fused-ring (bicyclic) bond motifs is 1. The van der Waals surface area contributed by atoms with Crippen molar-refractivity contribution in [3.05, 3.63) is 83.4 Å². The number of alkyl halides is 3. The van der Waals surface area contributed by atoms with Gasteiger partial charge in [-0.2, -0.15) is 13.2 Å². The number of amides is 1. The first kappa shape index (κ1) is 19.9. The van der Waals surface area contributed by atoms with Crippen molar-refractivity contribution in [2.24, 2.45) is 0 Å². The Bertz CT molecular complexity index is 1080. The second kappa shape index (κ2) is 7.78. The molecule has 0 aliphatic carbocycles. The van der Waals surface area contributed by atoms with E-state index in [1.165, 1.54) is 35.4 Å². The molecule has 0 unspecified atom stereocenters. The first-order chi connectivity index (χ1) is 14.3. The van der Waals surface area contributed by atoms with Crippen LogP contribution in [-0.2, 0) is 12.7 Å². The van der Waals surface area contributed by atoms with E-state index in [0.29, 0.717) is 16.9 Å². The van der Waals surface area contributed by atoms with E-state index in [4.69, 9.17) is 4.74 Å². The van der Waals surface area contributed by atoms with Crippen LogP contribution < -0.4 is 4.74 Å². The Morgan fingerprint density at radius 3 is 2.47 bits per heavy atom. The van der Waals surface area contributed by atoms with E-state index in [9.17, 15) is 22.4 Å². The van der Waals surface area contributed by atoms with E-state index in [0.717, 1.165) is 12.1 Å². The molecule has 0 atom stereocenters. The monoisotopic (exact) mass is 416 g/mol. The lowest BCUT2D eigenvalue weighted by molar-refractivity contribution is -0.137. The molecule has 154 valence electrons. The number of aromatic nitrogens is 1. The third-order valence-electron chi connectivity index (χ3n) is 4.84. The number of pyridine rings is 1. The minimum absolute atomic E-state index is 0.0151. The lowest BCUT2D eigenvalue weighted by Crippen LogP contribution is -2.32. The second-order valence-electron chi connectivity index (χ2n) is 6.79. The molecule has 0 spiro atoms. The van der Waals surface area contributed by atoms with Crippen LogP contribution in [0.15, 0.2) is 60.8 Å². The third-order valence-corrected chi connectivity index (χ3v) is 4.84. The highest BCUT2D eigenvalue weighted by atomic mass is 19.4. The Labute approximate surface area is 169 Å². The van der Waals surface area contributed by atoms with E-state index in [1.807, 2.05) is 0 Å². The highest BCUT2D eigenvalue weighted by molar-refractivity contribution is 5.98. The Morgan fingerprint density at radius 1 is 1.03 bits per heavy atom. The van der Waals surface area contributed by atoms with Crippen LogP contribution in [0.3, 0.4) is 0 Å². The van der Waals surface area contributed by atoms with E-state index in [2.05, 4.69) is 4.98 Å². The number of hydrogen-bond acceptors (Lipinski definition) is 3. The molecule has 0 saturated carbocycles. The molecule has 1 aliphatic heterocycles. The van der Waals surface area contributed by atoms with Gasteiger partial charge in [-0.25, -0.2) is 4.39 Å². The summed E-state index contributed by atoms with van der Waals surface area (Å²) in [5.74, 6) is -0.491. The predicted octanol–water partition coefficient (Wildman–Crippen LogP) is 4.94. The van der Waals surface area contributed by atoms with Crippen molar-refractivity contribution in [3.63, 3.8) is 0 Å². The summed E-state index contributed by atoms with van der Waals surface area (Å²) in [6.07, 6.45) is -2.97. The van der Waals surface area contributed by atoms with Crippen molar-refractivity contribution < 1.29 is 27.1 Å². The van der Waals surface area contributed by atoms with Gasteiger partial charge in [-0.15, -0.1) is 0 Å². The molecule has 0 bridgehead atoms. The van der Waals surface area contributed by atoms with Crippen LogP contribution in [0, 0.1) is 5.82 Å². The van der Waals surface area contributed by atoms with Gasteiger partial charge in [-0.3, -0.25) is 9.78 Å². The molecule has 0 N–H and O–H groups in total. The minimum Gasteiger partial charge on any atom is -0.491 e. The number of nitrogens with zero attached hydrogens (tertiary/aromatic N) is 2. The fraction of sp³-hybridized carbons (Fsp3) is 0.182. The van der Waals surface area contributed by atoms with Crippen molar-refractivity contribution in [2.75, 3.05) is 13.2 Å². The topological polar surface area (TPSA) is 42.4 Å². The number of halogens is 4. The maximum absolute atomic E-state index is 14.0. The lowest BCUT2D eigenvalue weighted by atomic mass is 10.0. The van der Waals surface area contributed by atoms with Crippen LogP contribution in [0.1, 0.15) is 21.6 Å². The Hall–Kier alpha value is -3.42. The number of carbonyl (C=O) groups is 1.